The number of benzene rings is 1. The summed E-state index contributed by atoms with van der Waals surface area (Å²) in [6, 6.07) is 11.7. The van der Waals surface area contributed by atoms with Gasteiger partial charge in [0.2, 0.25) is 5.91 Å². The van der Waals surface area contributed by atoms with Gasteiger partial charge in [-0.1, -0.05) is 25.1 Å². The van der Waals surface area contributed by atoms with E-state index in [4.69, 9.17) is 4.74 Å². The van der Waals surface area contributed by atoms with Gasteiger partial charge in [-0.05, 0) is 36.6 Å². The Morgan fingerprint density at radius 1 is 1.22 bits per heavy atom. The van der Waals surface area contributed by atoms with Crippen LogP contribution >= 0.6 is 0 Å². The van der Waals surface area contributed by atoms with Crippen LogP contribution in [0.4, 0.5) is 11.5 Å². The second-order valence-electron chi connectivity index (χ2n) is 5.22. The second kappa shape index (κ2) is 8.78. The third-order valence-electron chi connectivity index (χ3n) is 3.42. The lowest BCUT2D eigenvalue weighted by Crippen LogP contribution is -2.12. The van der Waals surface area contributed by atoms with Crippen molar-refractivity contribution in [3.63, 3.8) is 0 Å². The first kappa shape index (κ1) is 16.8. The zero-order valence-electron chi connectivity index (χ0n) is 13.6. The van der Waals surface area contributed by atoms with Gasteiger partial charge in [-0.2, -0.15) is 0 Å². The van der Waals surface area contributed by atoms with Gasteiger partial charge in [0, 0.05) is 13.0 Å². The Morgan fingerprint density at radius 3 is 2.74 bits per heavy atom. The molecule has 23 heavy (non-hydrogen) atoms. The Hall–Kier alpha value is -2.56. The Kier molecular flexibility index (Phi) is 6.41. The number of nitrogens with one attached hydrogen (secondary N) is 2. The number of carbonyl (C=O) groups excluding carboxylic acids is 1. The number of carbonyl (C=O) groups is 1. The van der Waals surface area contributed by atoms with Gasteiger partial charge in [0.15, 0.2) is 0 Å². The summed E-state index contributed by atoms with van der Waals surface area (Å²) in [6.45, 7) is 2.76. The minimum Gasteiger partial charge on any atom is -0.496 e. The standard InChI is InChI=1S/C18H23N3O2/c1-3-6-18(22)21-17-10-9-15(13-20-17)19-12-11-14-7-4-5-8-16(14)23-2/h4-5,7-10,13,19H,3,6,11-12H2,1-2H3,(H,20,21,22). The molecule has 1 aromatic carbocycles. The summed E-state index contributed by atoms with van der Waals surface area (Å²) in [5, 5.41) is 6.09. The number of nitrogens with zero attached hydrogens (tertiary/aromatic N) is 1. The highest BCUT2D eigenvalue weighted by Gasteiger charge is 2.03. The van der Waals surface area contributed by atoms with Crippen molar-refractivity contribution in [2.75, 3.05) is 24.3 Å². The van der Waals surface area contributed by atoms with Gasteiger partial charge in [-0.3, -0.25) is 4.79 Å². The summed E-state index contributed by atoms with van der Waals surface area (Å²) < 4.78 is 5.34. The number of ether oxygens (including phenoxy) is 1. The van der Waals surface area contributed by atoms with Gasteiger partial charge in [0.25, 0.3) is 0 Å². The molecule has 1 heterocycles. The number of hydrogen-bond donors (Lipinski definition) is 2. The van der Waals surface area contributed by atoms with Crippen molar-refractivity contribution in [3.8, 4) is 5.75 Å². The van der Waals surface area contributed by atoms with Crippen LogP contribution in [0.2, 0.25) is 0 Å². The quantitative estimate of drug-likeness (QED) is 0.783. The smallest absolute Gasteiger partial charge is 0.225 e. The average molecular weight is 313 g/mol. The number of rotatable bonds is 8. The SMILES string of the molecule is CCCC(=O)Nc1ccc(NCCc2ccccc2OC)cn1. The lowest BCUT2D eigenvalue weighted by Gasteiger charge is -2.10. The molecule has 1 aromatic heterocycles. The van der Waals surface area contributed by atoms with E-state index in [-0.39, 0.29) is 5.91 Å². The molecule has 0 bridgehead atoms. The summed E-state index contributed by atoms with van der Waals surface area (Å²) in [7, 11) is 1.68. The molecule has 0 fully saturated rings. The zero-order chi connectivity index (χ0) is 16.5. The van der Waals surface area contributed by atoms with Crippen LogP contribution in [-0.4, -0.2) is 24.5 Å². The molecule has 0 saturated carbocycles. The Labute approximate surface area is 137 Å². The summed E-state index contributed by atoms with van der Waals surface area (Å²) in [5.74, 6) is 1.48. The number of aromatic nitrogens is 1. The molecule has 0 atom stereocenters. The normalized spacial score (nSPS) is 10.2. The Bertz CT molecular complexity index is 626. The maximum atomic E-state index is 11.5. The number of hydrogen-bond acceptors (Lipinski definition) is 4. The maximum Gasteiger partial charge on any atom is 0.225 e. The number of pyridine rings is 1. The van der Waals surface area contributed by atoms with Gasteiger partial charge >= 0.3 is 0 Å². The highest BCUT2D eigenvalue weighted by atomic mass is 16.5. The first-order chi connectivity index (χ1) is 11.2. The van der Waals surface area contributed by atoms with Crippen LogP contribution < -0.4 is 15.4 Å². The molecule has 0 saturated heterocycles. The number of para-hydroxylation sites is 1. The van der Waals surface area contributed by atoms with Crippen molar-refractivity contribution < 1.29 is 9.53 Å². The highest BCUT2D eigenvalue weighted by Crippen LogP contribution is 2.18. The molecule has 122 valence electrons. The van der Waals surface area contributed by atoms with Crippen molar-refractivity contribution in [2.45, 2.75) is 26.2 Å². The molecule has 2 aromatic rings. The molecule has 2 rings (SSSR count). The van der Waals surface area contributed by atoms with Crippen LogP contribution in [0.5, 0.6) is 5.75 Å². The Balaban J connectivity index is 1.83. The molecule has 5 nitrogen and oxygen atoms in total. The topological polar surface area (TPSA) is 63.2 Å². The van der Waals surface area contributed by atoms with E-state index in [1.165, 1.54) is 5.56 Å². The summed E-state index contributed by atoms with van der Waals surface area (Å²) in [6.07, 6.45) is 3.93. The van der Waals surface area contributed by atoms with Gasteiger partial charge in [0.05, 0.1) is 19.0 Å². The fourth-order valence-electron chi connectivity index (χ4n) is 2.26. The summed E-state index contributed by atoms with van der Waals surface area (Å²) in [5.41, 5.74) is 2.09. The fraction of sp³-hybridized carbons (Fsp3) is 0.333. The van der Waals surface area contributed by atoms with E-state index >= 15 is 0 Å². The lowest BCUT2D eigenvalue weighted by molar-refractivity contribution is -0.116. The molecule has 0 unspecified atom stereocenters. The number of anilines is 2. The van der Waals surface area contributed by atoms with E-state index in [0.29, 0.717) is 12.2 Å². The summed E-state index contributed by atoms with van der Waals surface area (Å²) in [4.78, 5) is 15.7. The van der Waals surface area contributed by atoms with Crippen molar-refractivity contribution in [1.29, 1.82) is 0 Å². The van der Waals surface area contributed by atoms with Crippen LogP contribution in [0.15, 0.2) is 42.6 Å². The van der Waals surface area contributed by atoms with E-state index in [9.17, 15) is 4.79 Å². The van der Waals surface area contributed by atoms with Crippen molar-refractivity contribution in [3.05, 3.63) is 48.2 Å². The first-order valence-electron chi connectivity index (χ1n) is 7.84. The minimum atomic E-state index is -0.00289. The van der Waals surface area contributed by atoms with Crippen molar-refractivity contribution >= 4 is 17.4 Å². The fourth-order valence-corrected chi connectivity index (χ4v) is 2.26. The first-order valence-corrected chi connectivity index (χ1v) is 7.84. The number of amides is 1. The van der Waals surface area contributed by atoms with Crippen molar-refractivity contribution in [2.24, 2.45) is 0 Å². The molecule has 0 aliphatic rings. The van der Waals surface area contributed by atoms with Gasteiger partial charge < -0.3 is 15.4 Å². The zero-order valence-corrected chi connectivity index (χ0v) is 13.6. The van der Waals surface area contributed by atoms with E-state index in [2.05, 4.69) is 21.7 Å². The molecular formula is C18H23N3O2. The second-order valence-corrected chi connectivity index (χ2v) is 5.22. The van der Waals surface area contributed by atoms with Gasteiger partial charge in [-0.25, -0.2) is 4.98 Å². The van der Waals surface area contributed by atoms with Gasteiger partial charge in [0.1, 0.15) is 11.6 Å². The lowest BCUT2D eigenvalue weighted by atomic mass is 10.1. The largest absolute Gasteiger partial charge is 0.496 e. The van der Waals surface area contributed by atoms with Gasteiger partial charge in [-0.15, -0.1) is 0 Å². The number of methoxy groups -OCH3 is 1. The van der Waals surface area contributed by atoms with Crippen molar-refractivity contribution in [1.82, 2.24) is 4.98 Å². The van der Waals surface area contributed by atoms with E-state index < -0.39 is 0 Å². The Morgan fingerprint density at radius 2 is 2.04 bits per heavy atom. The molecule has 5 heteroatoms. The summed E-state index contributed by atoms with van der Waals surface area (Å²) >= 11 is 0. The van der Waals surface area contributed by atoms with Crippen LogP contribution in [0, 0.1) is 0 Å². The highest BCUT2D eigenvalue weighted by molar-refractivity contribution is 5.89. The van der Waals surface area contributed by atoms with E-state index in [1.54, 1.807) is 19.4 Å². The minimum absolute atomic E-state index is 0.00289. The molecular weight excluding hydrogens is 290 g/mol. The molecule has 0 aliphatic carbocycles. The van der Waals surface area contributed by atoms with Crippen LogP contribution in [-0.2, 0) is 11.2 Å². The monoisotopic (exact) mass is 313 g/mol. The van der Waals surface area contributed by atoms with E-state index in [1.807, 2.05) is 31.2 Å². The molecule has 0 spiro atoms. The van der Waals surface area contributed by atoms with E-state index in [0.717, 1.165) is 30.8 Å². The van der Waals surface area contributed by atoms with Crippen LogP contribution in [0.1, 0.15) is 25.3 Å². The maximum absolute atomic E-state index is 11.5. The molecule has 2 N–H and O–H groups in total. The third kappa shape index (κ3) is 5.29. The molecule has 1 amide bonds. The van der Waals surface area contributed by atoms with Crippen LogP contribution in [0.3, 0.4) is 0 Å². The van der Waals surface area contributed by atoms with Crippen LogP contribution in [0.25, 0.3) is 0 Å². The molecule has 0 aliphatic heterocycles. The third-order valence-corrected chi connectivity index (χ3v) is 3.42. The molecule has 0 radical (unpaired) electrons. The average Bonchev–Trinajstić information content (AvgIpc) is 2.57. The predicted molar refractivity (Wildman–Crippen MR) is 93.0 cm³/mol. The predicted octanol–water partition coefficient (Wildman–Crippen LogP) is 3.48.